The lowest BCUT2D eigenvalue weighted by Gasteiger charge is -2.09. The van der Waals surface area contributed by atoms with Crippen molar-refractivity contribution in [2.75, 3.05) is 13.2 Å². The molecule has 1 N–H and O–H groups in total. The molecule has 0 saturated heterocycles. The van der Waals surface area contributed by atoms with E-state index >= 15 is 0 Å². The number of carbonyl (C=O) groups excluding carboxylic acids is 1. The van der Waals surface area contributed by atoms with Gasteiger partial charge in [-0.2, -0.15) is 0 Å². The van der Waals surface area contributed by atoms with Gasteiger partial charge in [-0.3, -0.25) is 0 Å². The number of aldehydes is 1. The van der Waals surface area contributed by atoms with Crippen LogP contribution in [0.4, 0.5) is 0 Å². The van der Waals surface area contributed by atoms with Crippen LogP contribution in [0.3, 0.4) is 0 Å². The third-order valence-corrected chi connectivity index (χ3v) is 1.12. The van der Waals surface area contributed by atoms with Gasteiger partial charge in [-0.1, -0.05) is 0 Å². The summed E-state index contributed by atoms with van der Waals surface area (Å²) in [7, 11) is 0. The Morgan fingerprint density at radius 3 is 2.38 bits per heavy atom. The van der Waals surface area contributed by atoms with E-state index in [4.69, 9.17) is 0 Å². The van der Waals surface area contributed by atoms with Crippen LogP contribution in [0.25, 0.3) is 0 Å². The van der Waals surface area contributed by atoms with Gasteiger partial charge in [-0.15, -0.1) is 10.4 Å². The first-order chi connectivity index (χ1) is 6.07. The number of nitrogens with zero attached hydrogens (tertiary/aromatic N) is 3. The third-order valence-electron chi connectivity index (χ3n) is 1.12. The van der Waals surface area contributed by atoms with Gasteiger partial charge in [0.25, 0.3) is 0 Å². The smallest absolute Gasteiger partial charge is 0.204 e. The Morgan fingerprint density at radius 2 is 2.00 bits per heavy atom. The Morgan fingerprint density at radius 1 is 1.38 bits per heavy atom. The first-order valence-corrected chi connectivity index (χ1v) is 3.28. The molecule has 0 fully saturated rings. The number of hydrogen-bond acceptors (Lipinski definition) is 5. The van der Waals surface area contributed by atoms with Crippen LogP contribution in [0.1, 0.15) is 6.42 Å². The van der Waals surface area contributed by atoms with Crippen molar-refractivity contribution in [2.45, 2.75) is 6.42 Å². The van der Waals surface area contributed by atoms with Crippen molar-refractivity contribution in [2.24, 2.45) is 0 Å². The molecule has 0 aliphatic heterocycles. The van der Waals surface area contributed by atoms with Crippen LogP contribution in [0.15, 0.2) is 0 Å². The van der Waals surface area contributed by atoms with Crippen LogP contribution >= 0.6 is 0 Å². The fourth-order valence-corrected chi connectivity index (χ4v) is 0.560. The van der Waals surface area contributed by atoms with Crippen LogP contribution in [-0.2, 0) is 4.79 Å². The van der Waals surface area contributed by atoms with E-state index in [0.29, 0.717) is 11.3 Å². The molecule has 0 spiro atoms. The molecule has 0 amide bonds. The maximum absolute atomic E-state index is 10.2. The number of nitrogens with one attached hydrogen (secondary N) is 1. The highest BCUT2D eigenvalue weighted by molar-refractivity contribution is 5.49. The number of nitro groups is 2. The minimum absolute atomic E-state index is 0.0413. The van der Waals surface area contributed by atoms with Crippen molar-refractivity contribution < 1.29 is 14.9 Å². The molecule has 0 bridgehead atoms. The first-order valence-electron chi connectivity index (χ1n) is 3.28. The molecule has 0 aliphatic rings. The van der Waals surface area contributed by atoms with Gasteiger partial charge in [0.2, 0.25) is 6.67 Å². The molecular weight excluding hydrogens is 184 g/mol. The van der Waals surface area contributed by atoms with Crippen LogP contribution < -0.4 is 5.43 Å². The largest absolute Gasteiger partial charge is 0.303 e. The summed E-state index contributed by atoms with van der Waals surface area (Å²) in [6, 6.07) is 0. The minimum atomic E-state index is -0.891. The van der Waals surface area contributed by atoms with Crippen molar-refractivity contribution in [3.8, 4) is 0 Å². The van der Waals surface area contributed by atoms with E-state index in [1.807, 2.05) is 0 Å². The van der Waals surface area contributed by atoms with Gasteiger partial charge >= 0.3 is 0 Å². The lowest BCUT2D eigenvalue weighted by molar-refractivity contribution is -0.671. The Bertz CT molecular complexity index is 207. The third kappa shape index (κ3) is 5.35. The van der Waals surface area contributed by atoms with Gasteiger partial charge in [0.15, 0.2) is 10.1 Å². The Labute approximate surface area is 72.6 Å². The van der Waals surface area contributed by atoms with E-state index in [9.17, 15) is 25.0 Å². The zero-order chi connectivity index (χ0) is 10.3. The van der Waals surface area contributed by atoms with Gasteiger partial charge in [0.05, 0.1) is 6.54 Å². The Hall–Kier alpha value is -1.93. The summed E-state index contributed by atoms with van der Waals surface area (Å²) >= 11 is 0. The Kier molecular flexibility index (Phi) is 4.84. The lowest BCUT2D eigenvalue weighted by atomic mass is 10.5. The van der Waals surface area contributed by atoms with Crippen molar-refractivity contribution in [3.05, 3.63) is 20.2 Å². The van der Waals surface area contributed by atoms with Gasteiger partial charge in [-0.25, -0.2) is 20.2 Å². The van der Waals surface area contributed by atoms with Crippen molar-refractivity contribution in [1.82, 2.24) is 10.4 Å². The van der Waals surface area contributed by atoms with Crippen LogP contribution in [0.5, 0.6) is 0 Å². The highest BCUT2D eigenvalue weighted by Crippen LogP contribution is 1.87. The topological polar surface area (TPSA) is 119 Å². The summed E-state index contributed by atoms with van der Waals surface area (Å²) in [6.45, 7) is -0.689. The Balaban J connectivity index is 3.87. The number of carbonyl (C=O) groups is 1. The number of hydrazine groups is 2. The molecule has 0 heterocycles. The maximum atomic E-state index is 10.2. The summed E-state index contributed by atoms with van der Waals surface area (Å²) in [6.07, 6.45) is 0.461. The highest BCUT2D eigenvalue weighted by atomic mass is 16.7. The second-order valence-corrected chi connectivity index (χ2v) is 2.00. The average molecular weight is 192 g/mol. The van der Waals surface area contributed by atoms with Crippen LogP contribution in [0, 0.1) is 20.2 Å². The van der Waals surface area contributed by atoms with Crippen LogP contribution in [0.2, 0.25) is 0 Å². The molecule has 0 aromatic rings. The van der Waals surface area contributed by atoms with E-state index in [1.165, 1.54) is 0 Å². The summed E-state index contributed by atoms with van der Waals surface area (Å²) < 4.78 is 0. The van der Waals surface area contributed by atoms with E-state index in [-0.39, 0.29) is 13.0 Å². The van der Waals surface area contributed by atoms with E-state index in [0.717, 1.165) is 0 Å². The monoisotopic (exact) mass is 192 g/mol. The predicted octanol–water partition coefficient (Wildman–Crippen LogP) is -1.19. The maximum Gasteiger partial charge on any atom is 0.204 e. The summed E-state index contributed by atoms with van der Waals surface area (Å²) in [5, 5.41) is 18.8. The fraction of sp³-hybridized carbons (Fsp3) is 0.750. The summed E-state index contributed by atoms with van der Waals surface area (Å²) in [5.74, 6) is 0. The zero-order valence-electron chi connectivity index (χ0n) is 6.58. The second kappa shape index (κ2) is 5.69. The molecule has 0 aromatic carbocycles. The lowest BCUT2D eigenvalue weighted by Crippen LogP contribution is -2.41. The van der Waals surface area contributed by atoms with Gasteiger partial charge in [0, 0.05) is 6.42 Å². The molecule has 74 valence electrons. The van der Waals surface area contributed by atoms with Gasteiger partial charge < -0.3 is 4.79 Å². The van der Waals surface area contributed by atoms with E-state index in [1.54, 1.807) is 5.43 Å². The SMILES string of the molecule is O=CCCN(CN[N+](=O)[O-])[N+](=O)[O-]. The van der Waals surface area contributed by atoms with Gasteiger partial charge in [0.1, 0.15) is 6.29 Å². The molecule has 0 saturated carbocycles. The predicted molar refractivity (Wildman–Crippen MR) is 39.4 cm³/mol. The minimum Gasteiger partial charge on any atom is -0.303 e. The van der Waals surface area contributed by atoms with E-state index < -0.39 is 16.7 Å². The molecule has 0 rings (SSSR count). The van der Waals surface area contributed by atoms with Crippen molar-refractivity contribution in [3.63, 3.8) is 0 Å². The molecular formula is C4H8N4O5. The first kappa shape index (κ1) is 11.1. The normalized spacial score (nSPS) is 8.92. The molecule has 0 aliphatic carbocycles. The van der Waals surface area contributed by atoms with Crippen molar-refractivity contribution in [1.29, 1.82) is 0 Å². The summed E-state index contributed by atoms with van der Waals surface area (Å²) in [5.41, 5.74) is 1.63. The zero-order valence-corrected chi connectivity index (χ0v) is 6.58. The molecule has 0 aromatic heterocycles. The molecule has 9 heteroatoms. The summed E-state index contributed by atoms with van der Waals surface area (Å²) in [4.78, 5) is 29.8. The van der Waals surface area contributed by atoms with Gasteiger partial charge in [-0.05, 0) is 0 Å². The highest BCUT2D eigenvalue weighted by Gasteiger charge is 2.14. The second-order valence-electron chi connectivity index (χ2n) is 2.00. The number of hydrogen-bond donors (Lipinski definition) is 1. The molecule has 0 radical (unpaired) electrons. The molecule has 9 nitrogen and oxygen atoms in total. The van der Waals surface area contributed by atoms with E-state index in [2.05, 4.69) is 0 Å². The average Bonchev–Trinajstić information content (AvgIpc) is 2.03. The molecule has 0 unspecified atom stereocenters. The van der Waals surface area contributed by atoms with Crippen molar-refractivity contribution >= 4 is 6.29 Å². The molecule has 13 heavy (non-hydrogen) atoms. The quantitative estimate of drug-likeness (QED) is 0.233. The standard InChI is InChI=1S/C4H8N4O5/c9-3-1-2-6(8(12)13)4-5-7(10)11/h3,5H,1-2,4H2. The van der Waals surface area contributed by atoms with Crippen LogP contribution in [-0.4, -0.2) is 34.6 Å². The molecule has 0 atom stereocenters. The number of rotatable bonds is 7. The fourth-order valence-electron chi connectivity index (χ4n) is 0.560.